The SMILES string of the molecule is NC(=O)c1cc([C@@H]2O[C@@H]3COP(O)(=S)O[C@H]4C[C@H](n5cnc6c5ncn5ccnc65)O[C@@H]4COP(=O)(S)O[C@@H]2[C@@H]3O)ccn1. The zero-order valence-corrected chi connectivity index (χ0v) is 25.9. The van der Waals surface area contributed by atoms with Gasteiger partial charge in [0.1, 0.15) is 48.8 Å². The van der Waals surface area contributed by atoms with Gasteiger partial charge in [0, 0.05) is 25.0 Å². The van der Waals surface area contributed by atoms with Gasteiger partial charge in [0.25, 0.3) is 5.91 Å². The van der Waals surface area contributed by atoms with Crippen LogP contribution in [0.1, 0.15) is 34.8 Å². The molecule has 44 heavy (non-hydrogen) atoms. The lowest BCUT2D eigenvalue weighted by Crippen LogP contribution is -2.34. The summed E-state index contributed by atoms with van der Waals surface area (Å²) in [6.45, 7) is -8.91. The number of aliphatic hydroxyl groups excluding tert-OH is 1. The molecule has 234 valence electrons. The summed E-state index contributed by atoms with van der Waals surface area (Å²) in [5.74, 6) is -0.787. The molecule has 3 aliphatic heterocycles. The second-order valence-corrected chi connectivity index (χ2v) is 15.9. The Morgan fingerprint density at radius 2 is 1.86 bits per heavy atom. The highest BCUT2D eigenvalue weighted by Gasteiger charge is 2.50. The molecule has 2 bridgehead atoms. The Balaban J connectivity index is 1.17. The largest absolute Gasteiger partial charge is 0.387 e. The summed E-state index contributed by atoms with van der Waals surface area (Å²) in [5.41, 5.74) is 7.29. The van der Waals surface area contributed by atoms with Gasteiger partial charge in [0.15, 0.2) is 16.8 Å². The molecule has 0 aliphatic carbocycles. The molecule has 0 radical (unpaired) electrons. The number of amides is 1. The average Bonchev–Trinajstić information content (AvgIpc) is 3.76. The maximum atomic E-state index is 13.5. The van der Waals surface area contributed by atoms with Crippen molar-refractivity contribution < 1.29 is 46.9 Å². The van der Waals surface area contributed by atoms with E-state index in [0.29, 0.717) is 22.4 Å². The maximum Gasteiger partial charge on any atom is 0.386 e. The normalized spacial score (nSPS) is 36.5. The minimum absolute atomic E-state index is 0.0629. The van der Waals surface area contributed by atoms with Crippen LogP contribution in [0.2, 0.25) is 0 Å². The van der Waals surface area contributed by atoms with E-state index < -0.39 is 68.9 Å². The van der Waals surface area contributed by atoms with Crippen molar-refractivity contribution in [2.75, 3.05) is 13.2 Å². The van der Waals surface area contributed by atoms with Crippen LogP contribution in [0.15, 0.2) is 43.4 Å². The molecule has 4 aromatic heterocycles. The molecule has 0 spiro atoms. The number of pyridine rings is 1. The van der Waals surface area contributed by atoms with Crippen LogP contribution in [0.5, 0.6) is 0 Å². The molecule has 0 saturated carbocycles. The number of aliphatic hydroxyl groups is 1. The maximum absolute atomic E-state index is 13.5. The highest BCUT2D eigenvalue weighted by molar-refractivity contribution is 8.44. The van der Waals surface area contributed by atoms with Crippen molar-refractivity contribution in [2.45, 2.75) is 49.3 Å². The zero-order valence-electron chi connectivity index (χ0n) is 22.4. The first-order valence-electron chi connectivity index (χ1n) is 13.2. The van der Waals surface area contributed by atoms with Gasteiger partial charge in [-0.15, -0.1) is 0 Å². The van der Waals surface area contributed by atoms with Crippen LogP contribution >= 0.6 is 25.8 Å². The van der Waals surface area contributed by atoms with E-state index in [-0.39, 0.29) is 18.7 Å². The lowest BCUT2D eigenvalue weighted by molar-refractivity contribution is -0.0451. The topological polar surface area (TPSA) is 217 Å². The molecule has 9 atom stereocenters. The van der Waals surface area contributed by atoms with Gasteiger partial charge in [-0.3, -0.25) is 27.8 Å². The van der Waals surface area contributed by atoms with Crippen molar-refractivity contribution in [3.63, 3.8) is 0 Å². The molecular formula is C23H25N7O10P2S2. The van der Waals surface area contributed by atoms with Crippen LogP contribution in [0.25, 0.3) is 16.8 Å². The quantitative estimate of drug-likeness (QED) is 0.177. The fourth-order valence-electron chi connectivity index (χ4n) is 5.43. The predicted octanol–water partition coefficient (Wildman–Crippen LogP) is 1.43. The minimum atomic E-state index is -4.20. The Morgan fingerprint density at radius 1 is 1.05 bits per heavy atom. The highest BCUT2D eigenvalue weighted by Crippen LogP contribution is 2.58. The Hall–Kier alpha value is -2.38. The molecule has 4 aromatic rings. The lowest BCUT2D eigenvalue weighted by Gasteiger charge is -2.26. The minimum Gasteiger partial charge on any atom is -0.387 e. The zero-order chi connectivity index (χ0) is 30.8. The van der Waals surface area contributed by atoms with Crippen molar-refractivity contribution in [2.24, 2.45) is 5.73 Å². The number of carbonyl (C=O) groups is 1. The lowest BCUT2D eigenvalue weighted by atomic mass is 10.0. The number of hydrogen-bond acceptors (Lipinski definition) is 14. The fourth-order valence-corrected chi connectivity index (χ4v) is 8.37. The van der Waals surface area contributed by atoms with E-state index in [0.717, 1.165) is 0 Å². The second kappa shape index (κ2) is 11.5. The van der Waals surface area contributed by atoms with E-state index in [1.54, 1.807) is 34.0 Å². The summed E-state index contributed by atoms with van der Waals surface area (Å²) >= 11 is 9.43. The molecule has 17 nitrogen and oxygen atoms in total. The van der Waals surface area contributed by atoms with E-state index in [1.165, 1.54) is 18.3 Å². The van der Waals surface area contributed by atoms with Gasteiger partial charge in [-0.1, -0.05) is 12.2 Å². The number of rotatable bonds is 3. The number of carbonyl (C=O) groups excluding carboxylic acids is 1. The van der Waals surface area contributed by atoms with Crippen molar-refractivity contribution in [1.29, 1.82) is 0 Å². The number of aromatic nitrogens is 6. The molecule has 3 fully saturated rings. The predicted molar refractivity (Wildman–Crippen MR) is 156 cm³/mol. The Labute approximate surface area is 258 Å². The van der Waals surface area contributed by atoms with Gasteiger partial charge in [-0.25, -0.2) is 19.5 Å². The third kappa shape index (κ3) is 5.72. The summed E-state index contributed by atoms with van der Waals surface area (Å²) in [6.07, 6.45) is 0.604. The Morgan fingerprint density at radius 3 is 2.68 bits per heavy atom. The monoisotopic (exact) mass is 685 g/mol. The van der Waals surface area contributed by atoms with E-state index in [2.05, 4.69) is 32.2 Å². The number of primary amides is 1. The molecule has 3 aliphatic rings. The van der Waals surface area contributed by atoms with Crippen molar-refractivity contribution in [3.8, 4) is 0 Å². The summed E-state index contributed by atoms with van der Waals surface area (Å²) in [6, 6.07) is 2.87. The summed E-state index contributed by atoms with van der Waals surface area (Å²) in [5, 5.41) is 11.1. The first-order valence-corrected chi connectivity index (χ1v) is 18.5. The molecule has 0 aromatic carbocycles. The van der Waals surface area contributed by atoms with Crippen molar-refractivity contribution in [1.82, 2.24) is 28.9 Å². The number of imidazole rings is 2. The van der Waals surface area contributed by atoms with Gasteiger partial charge in [0.2, 0.25) is 0 Å². The number of nitrogens with zero attached hydrogens (tertiary/aromatic N) is 6. The molecule has 7 heterocycles. The number of nitrogens with two attached hydrogens (primary N) is 1. The van der Waals surface area contributed by atoms with E-state index in [4.69, 9.17) is 45.1 Å². The smallest absolute Gasteiger partial charge is 0.386 e. The fraction of sp³-hybridized carbons (Fsp3) is 0.435. The number of ether oxygens (including phenoxy) is 2. The number of hydrogen-bond donors (Lipinski definition) is 4. The molecule has 4 N–H and O–H groups in total. The number of thiol groups is 1. The van der Waals surface area contributed by atoms with Crippen LogP contribution in [-0.4, -0.2) is 88.5 Å². The first kappa shape index (κ1) is 30.3. The molecule has 7 rings (SSSR count). The van der Waals surface area contributed by atoms with Crippen LogP contribution < -0.4 is 5.73 Å². The van der Waals surface area contributed by atoms with Crippen molar-refractivity contribution in [3.05, 3.63) is 54.6 Å². The van der Waals surface area contributed by atoms with Crippen LogP contribution in [-0.2, 0) is 43.9 Å². The van der Waals surface area contributed by atoms with Crippen LogP contribution in [0.3, 0.4) is 0 Å². The van der Waals surface area contributed by atoms with Crippen molar-refractivity contribution >= 4 is 60.3 Å². The Kier molecular flexibility index (Phi) is 7.88. The van der Waals surface area contributed by atoms with Gasteiger partial charge in [-0.2, -0.15) is 0 Å². The van der Waals surface area contributed by atoms with Gasteiger partial charge >= 0.3 is 13.5 Å². The third-order valence-corrected chi connectivity index (χ3v) is 10.7. The molecule has 2 unspecified atom stereocenters. The Bertz CT molecular complexity index is 1840. The third-order valence-electron chi connectivity index (χ3n) is 7.47. The standard InChI is InChI=1S/C23H25N7O10P2S2/c24-21(32)12-5-11(1-2-25-12)19-20-18(31)15(38-19)8-36-41(33,43)39-13-6-16(37-14(13)7-35-42(34,44)40-20)30-10-27-17-22-26-3-4-29(22)9-28-23(17)30/h1-5,9-10,13-16,18-20,31H,6-8H2,(H2,24,32)(H,33,43)(H,34,44)/t13-,14+,15+,16+,18+,19-,20+,41?,42?/m0/s1. The van der Waals surface area contributed by atoms with Crippen LogP contribution in [0, 0.1) is 0 Å². The summed E-state index contributed by atoms with van der Waals surface area (Å²) in [7, 11) is 0. The molecular weight excluding hydrogens is 660 g/mol. The van der Waals surface area contributed by atoms with Crippen LogP contribution in [0.4, 0.5) is 0 Å². The van der Waals surface area contributed by atoms with Gasteiger partial charge < -0.3 is 34.3 Å². The summed E-state index contributed by atoms with van der Waals surface area (Å²) in [4.78, 5) is 39.9. The van der Waals surface area contributed by atoms with E-state index in [9.17, 15) is 19.4 Å². The molecule has 21 heteroatoms. The van der Waals surface area contributed by atoms with Gasteiger partial charge in [-0.05, 0) is 29.5 Å². The highest BCUT2D eigenvalue weighted by atomic mass is 32.7. The van der Waals surface area contributed by atoms with E-state index in [1.807, 2.05) is 0 Å². The summed E-state index contributed by atoms with van der Waals surface area (Å²) < 4.78 is 51.9. The first-order chi connectivity index (χ1) is 21.0. The van der Waals surface area contributed by atoms with Gasteiger partial charge in [0.05, 0.1) is 25.6 Å². The van der Waals surface area contributed by atoms with E-state index >= 15 is 0 Å². The average molecular weight is 686 g/mol. The molecule has 1 amide bonds. The number of fused-ring (bicyclic) bond motifs is 6. The molecule has 3 saturated heterocycles. The second-order valence-electron chi connectivity index (χ2n) is 10.3.